The van der Waals surface area contributed by atoms with Gasteiger partial charge in [0.05, 0.1) is 11.7 Å². The highest BCUT2D eigenvalue weighted by molar-refractivity contribution is 5.44. The largest absolute Gasteiger partial charge is 0.486 e. The van der Waals surface area contributed by atoms with Crippen molar-refractivity contribution in [1.29, 1.82) is 0 Å². The van der Waals surface area contributed by atoms with Gasteiger partial charge in [-0.2, -0.15) is 0 Å². The molecule has 2 aromatic rings. The fourth-order valence-corrected chi connectivity index (χ4v) is 3.95. The Bertz CT molecular complexity index is 799. The maximum atomic E-state index is 11.0. The number of hydrogen-bond acceptors (Lipinski definition) is 5. The zero-order chi connectivity index (χ0) is 18.9. The molecule has 0 bridgehead atoms. The van der Waals surface area contributed by atoms with Gasteiger partial charge in [0, 0.05) is 19.6 Å². The van der Waals surface area contributed by atoms with Gasteiger partial charge in [-0.25, -0.2) is 0 Å². The molecule has 1 atom stereocenters. The zero-order valence-corrected chi connectivity index (χ0v) is 15.7. The van der Waals surface area contributed by atoms with Crippen LogP contribution in [-0.2, 0) is 5.60 Å². The number of fused-ring (bicyclic) bond motifs is 1. The first-order valence-electron chi connectivity index (χ1n) is 9.63. The number of likely N-dealkylation sites (tertiary alicyclic amines) is 1. The molecule has 2 heterocycles. The minimum atomic E-state index is -0.773. The molecule has 1 fully saturated rings. The van der Waals surface area contributed by atoms with Gasteiger partial charge in [0.15, 0.2) is 11.5 Å². The van der Waals surface area contributed by atoms with Crippen LogP contribution in [0.25, 0.3) is 0 Å². The molecule has 5 nitrogen and oxygen atoms in total. The van der Waals surface area contributed by atoms with E-state index in [0.717, 1.165) is 35.5 Å². The zero-order valence-electron chi connectivity index (χ0n) is 15.7. The Morgan fingerprint density at radius 2 is 1.78 bits per heavy atom. The Hall–Kier alpha value is -2.08. The Morgan fingerprint density at radius 3 is 2.52 bits per heavy atom. The molecule has 1 unspecified atom stereocenters. The van der Waals surface area contributed by atoms with E-state index in [1.165, 1.54) is 0 Å². The summed E-state index contributed by atoms with van der Waals surface area (Å²) in [7, 11) is 0. The van der Waals surface area contributed by atoms with Crippen LogP contribution in [0.3, 0.4) is 0 Å². The molecule has 0 aliphatic carbocycles. The Morgan fingerprint density at radius 1 is 1.04 bits per heavy atom. The van der Waals surface area contributed by atoms with Crippen LogP contribution in [0.4, 0.5) is 0 Å². The van der Waals surface area contributed by atoms with Gasteiger partial charge in [0.25, 0.3) is 0 Å². The first-order chi connectivity index (χ1) is 13.0. The molecule has 0 radical (unpaired) electrons. The number of hydrogen-bond donors (Lipinski definition) is 2. The lowest BCUT2D eigenvalue weighted by Gasteiger charge is -2.39. The van der Waals surface area contributed by atoms with Crippen molar-refractivity contribution in [3.05, 3.63) is 59.2 Å². The number of benzene rings is 2. The number of aryl methyl sites for hydroxylation is 1. The third-order valence-corrected chi connectivity index (χ3v) is 5.62. The lowest BCUT2D eigenvalue weighted by molar-refractivity contribution is -0.0345. The quantitative estimate of drug-likeness (QED) is 0.868. The summed E-state index contributed by atoms with van der Waals surface area (Å²) < 4.78 is 11.1. The summed E-state index contributed by atoms with van der Waals surface area (Å²) in [6, 6.07) is 13.7. The van der Waals surface area contributed by atoms with Crippen molar-refractivity contribution >= 4 is 0 Å². The van der Waals surface area contributed by atoms with E-state index >= 15 is 0 Å². The van der Waals surface area contributed by atoms with Crippen molar-refractivity contribution in [3.8, 4) is 11.5 Å². The van der Waals surface area contributed by atoms with Crippen LogP contribution >= 0.6 is 0 Å². The molecule has 2 aliphatic heterocycles. The number of rotatable bonds is 4. The van der Waals surface area contributed by atoms with Crippen molar-refractivity contribution < 1.29 is 19.7 Å². The summed E-state index contributed by atoms with van der Waals surface area (Å²) >= 11 is 0. The van der Waals surface area contributed by atoms with Gasteiger partial charge in [-0.1, -0.05) is 35.9 Å². The van der Waals surface area contributed by atoms with Gasteiger partial charge in [-0.05, 0) is 43.0 Å². The molecule has 2 N–H and O–H groups in total. The molecule has 27 heavy (non-hydrogen) atoms. The van der Waals surface area contributed by atoms with E-state index in [-0.39, 0.29) is 0 Å². The van der Waals surface area contributed by atoms with Crippen molar-refractivity contribution in [3.63, 3.8) is 0 Å². The molecule has 144 valence electrons. The number of nitrogens with zero attached hydrogens (tertiary/aromatic N) is 1. The fourth-order valence-electron chi connectivity index (χ4n) is 3.95. The summed E-state index contributed by atoms with van der Waals surface area (Å²) in [4.78, 5) is 2.21. The van der Waals surface area contributed by atoms with Crippen LogP contribution in [0.2, 0.25) is 0 Å². The second-order valence-electron chi connectivity index (χ2n) is 7.62. The van der Waals surface area contributed by atoms with Gasteiger partial charge in [-0.15, -0.1) is 0 Å². The molecule has 4 rings (SSSR count). The Balaban J connectivity index is 1.37. The topological polar surface area (TPSA) is 62.2 Å². The molecule has 2 aromatic carbocycles. The van der Waals surface area contributed by atoms with Gasteiger partial charge >= 0.3 is 0 Å². The van der Waals surface area contributed by atoms with Crippen molar-refractivity contribution in [2.24, 2.45) is 0 Å². The van der Waals surface area contributed by atoms with Crippen LogP contribution in [0.15, 0.2) is 42.5 Å². The molecule has 0 amide bonds. The molecule has 5 heteroatoms. The smallest absolute Gasteiger partial charge is 0.161 e. The normalized spacial score (nSPS) is 20.3. The lowest BCUT2D eigenvalue weighted by atomic mass is 9.84. The van der Waals surface area contributed by atoms with E-state index in [2.05, 4.69) is 11.0 Å². The van der Waals surface area contributed by atoms with E-state index in [1.54, 1.807) is 0 Å². The minimum Gasteiger partial charge on any atom is -0.486 e. The SMILES string of the molecule is Cc1cccc(C2(O)CCN(CC(O)c3ccc4c(c3)OCCO4)CC2)c1. The van der Waals surface area contributed by atoms with Gasteiger partial charge in [0.1, 0.15) is 13.2 Å². The van der Waals surface area contributed by atoms with Crippen LogP contribution in [0.1, 0.15) is 35.6 Å². The monoisotopic (exact) mass is 369 g/mol. The maximum absolute atomic E-state index is 11.0. The van der Waals surface area contributed by atoms with Crippen LogP contribution in [-0.4, -0.2) is 48.0 Å². The molecule has 0 spiro atoms. The molecule has 1 saturated heterocycles. The highest BCUT2D eigenvalue weighted by atomic mass is 16.6. The van der Waals surface area contributed by atoms with Gasteiger partial charge < -0.3 is 24.6 Å². The Labute approximate surface area is 160 Å². The summed E-state index contributed by atoms with van der Waals surface area (Å²) in [6.45, 7) is 5.20. The number of piperidine rings is 1. The van der Waals surface area contributed by atoms with Crippen LogP contribution < -0.4 is 9.47 Å². The lowest BCUT2D eigenvalue weighted by Crippen LogP contribution is -2.44. The highest BCUT2D eigenvalue weighted by Crippen LogP contribution is 2.35. The van der Waals surface area contributed by atoms with Gasteiger partial charge in [0.2, 0.25) is 0 Å². The third kappa shape index (κ3) is 3.95. The summed E-state index contributed by atoms with van der Waals surface area (Å²) in [5.74, 6) is 1.43. The molecule has 0 saturated carbocycles. The number of aliphatic hydroxyl groups is 2. The standard InChI is InChI=1S/C22H27NO4/c1-16-3-2-4-18(13-16)22(25)7-9-23(10-8-22)15-19(24)17-5-6-20-21(14-17)27-12-11-26-20/h2-6,13-14,19,24-25H,7-12,15H2,1H3. The first kappa shape index (κ1) is 18.3. The van der Waals surface area contributed by atoms with E-state index < -0.39 is 11.7 Å². The van der Waals surface area contributed by atoms with Crippen LogP contribution in [0.5, 0.6) is 11.5 Å². The first-order valence-corrected chi connectivity index (χ1v) is 9.63. The Kier molecular flexibility index (Phi) is 5.08. The molecular formula is C22H27NO4. The summed E-state index contributed by atoms with van der Waals surface area (Å²) in [5.41, 5.74) is 2.22. The van der Waals surface area contributed by atoms with Crippen LogP contribution in [0, 0.1) is 6.92 Å². The van der Waals surface area contributed by atoms with Gasteiger partial charge in [-0.3, -0.25) is 0 Å². The van der Waals surface area contributed by atoms with Crippen molar-refractivity contribution in [2.75, 3.05) is 32.8 Å². The van der Waals surface area contributed by atoms with E-state index in [1.807, 2.05) is 43.3 Å². The van der Waals surface area contributed by atoms with E-state index in [9.17, 15) is 10.2 Å². The predicted molar refractivity (Wildman–Crippen MR) is 103 cm³/mol. The number of aliphatic hydroxyl groups excluding tert-OH is 1. The van der Waals surface area contributed by atoms with Crippen molar-refractivity contribution in [2.45, 2.75) is 31.5 Å². The van der Waals surface area contributed by atoms with Crippen molar-refractivity contribution in [1.82, 2.24) is 4.90 Å². The van der Waals surface area contributed by atoms with E-state index in [4.69, 9.17) is 9.47 Å². The predicted octanol–water partition coefficient (Wildman–Crippen LogP) is 2.78. The fraction of sp³-hybridized carbons (Fsp3) is 0.455. The average molecular weight is 369 g/mol. The average Bonchev–Trinajstić information content (AvgIpc) is 2.69. The third-order valence-electron chi connectivity index (χ3n) is 5.62. The summed E-state index contributed by atoms with van der Waals surface area (Å²) in [5, 5.41) is 21.7. The molecule has 2 aliphatic rings. The van der Waals surface area contributed by atoms with E-state index in [0.29, 0.717) is 38.3 Å². The molecule has 0 aromatic heterocycles. The number of ether oxygens (including phenoxy) is 2. The second-order valence-corrected chi connectivity index (χ2v) is 7.62. The molecular weight excluding hydrogens is 342 g/mol. The maximum Gasteiger partial charge on any atom is 0.161 e. The highest BCUT2D eigenvalue weighted by Gasteiger charge is 2.34. The number of β-amino-alcohol motifs (C(OH)–C–C–N with tert-alkyl or cyclic N) is 1. The summed E-state index contributed by atoms with van der Waals surface area (Å²) in [6.07, 6.45) is 0.750. The second kappa shape index (κ2) is 7.50. The minimum absolute atomic E-state index is 0.538.